The highest BCUT2D eigenvalue weighted by Crippen LogP contribution is 2.34. The second-order valence-corrected chi connectivity index (χ2v) is 5.95. The van der Waals surface area contributed by atoms with Crippen molar-refractivity contribution in [3.63, 3.8) is 0 Å². The van der Waals surface area contributed by atoms with E-state index >= 15 is 0 Å². The molecule has 1 aliphatic heterocycles. The van der Waals surface area contributed by atoms with Gasteiger partial charge in [-0.15, -0.1) is 0 Å². The normalized spacial score (nSPS) is 22.1. The van der Waals surface area contributed by atoms with Crippen molar-refractivity contribution in [2.45, 2.75) is 38.6 Å². The highest BCUT2D eigenvalue weighted by molar-refractivity contribution is 5.68. The van der Waals surface area contributed by atoms with Crippen molar-refractivity contribution < 1.29 is 0 Å². The molecule has 1 atom stereocenters. The molecule has 1 unspecified atom stereocenters. The van der Waals surface area contributed by atoms with Crippen molar-refractivity contribution in [3.05, 3.63) is 59.7 Å². The average Bonchev–Trinajstić information content (AvgIpc) is 2.95. The zero-order valence-electron chi connectivity index (χ0n) is 12.4. The van der Waals surface area contributed by atoms with Crippen LogP contribution in [0, 0.1) is 0 Å². The molecule has 20 heavy (non-hydrogen) atoms. The molecule has 1 heteroatoms. The van der Waals surface area contributed by atoms with Gasteiger partial charge in [-0.25, -0.2) is 0 Å². The molecule has 1 fully saturated rings. The zero-order chi connectivity index (χ0) is 14.0. The van der Waals surface area contributed by atoms with Crippen molar-refractivity contribution >= 4 is 0 Å². The van der Waals surface area contributed by atoms with E-state index in [1.165, 1.54) is 35.1 Å². The summed E-state index contributed by atoms with van der Waals surface area (Å²) in [6.07, 6.45) is 3.58. The van der Waals surface area contributed by atoms with E-state index in [0.717, 1.165) is 13.0 Å². The predicted octanol–water partition coefficient (Wildman–Crippen LogP) is 4.51. The Hall–Kier alpha value is -1.60. The minimum Gasteiger partial charge on any atom is -0.308 e. The quantitative estimate of drug-likeness (QED) is 0.860. The lowest BCUT2D eigenvalue weighted by Crippen LogP contribution is -2.33. The molecule has 2 aromatic rings. The molecule has 0 bridgehead atoms. The molecule has 0 radical (unpaired) electrons. The lowest BCUT2D eigenvalue weighted by atomic mass is 9.86. The maximum atomic E-state index is 3.67. The first-order valence-corrected chi connectivity index (χ1v) is 7.67. The third-order valence-corrected chi connectivity index (χ3v) is 4.58. The van der Waals surface area contributed by atoms with Gasteiger partial charge in [0.1, 0.15) is 0 Å². The van der Waals surface area contributed by atoms with Gasteiger partial charge in [0.25, 0.3) is 0 Å². The fourth-order valence-electron chi connectivity index (χ4n) is 3.26. The molecular formula is C19H23N. The SMILES string of the molecule is CCc1ccc(C2(C)CCCN2)cc1-c1ccccc1. The lowest BCUT2D eigenvalue weighted by Gasteiger charge is -2.26. The number of nitrogens with one attached hydrogen (secondary N) is 1. The molecule has 0 aromatic heterocycles. The van der Waals surface area contributed by atoms with E-state index in [9.17, 15) is 0 Å². The molecule has 1 heterocycles. The fourth-order valence-corrected chi connectivity index (χ4v) is 3.26. The average molecular weight is 265 g/mol. The maximum Gasteiger partial charge on any atom is 0.0406 e. The van der Waals surface area contributed by atoms with Crippen LogP contribution in [0.1, 0.15) is 37.8 Å². The molecule has 2 aromatic carbocycles. The van der Waals surface area contributed by atoms with Crippen LogP contribution in [0.4, 0.5) is 0 Å². The number of hydrogen-bond donors (Lipinski definition) is 1. The van der Waals surface area contributed by atoms with Gasteiger partial charge in [0.2, 0.25) is 0 Å². The van der Waals surface area contributed by atoms with Crippen LogP contribution < -0.4 is 5.32 Å². The van der Waals surface area contributed by atoms with Gasteiger partial charge in [0, 0.05) is 5.54 Å². The first-order valence-electron chi connectivity index (χ1n) is 7.67. The fraction of sp³-hybridized carbons (Fsp3) is 0.368. The standard InChI is InChI=1S/C19H23N/c1-3-15-10-11-17(19(2)12-7-13-20-19)14-18(15)16-8-5-4-6-9-16/h4-6,8-11,14,20H,3,7,12-13H2,1-2H3. The van der Waals surface area contributed by atoms with Crippen LogP contribution in [0.25, 0.3) is 11.1 Å². The van der Waals surface area contributed by atoms with Crippen molar-refractivity contribution in [1.82, 2.24) is 5.32 Å². The molecule has 0 amide bonds. The van der Waals surface area contributed by atoms with Crippen molar-refractivity contribution in [3.8, 4) is 11.1 Å². The highest BCUT2D eigenvalue weighted by atomic mass is 15.0. The summed E-state index contributed by atoms with van der Waals surface area (Å²) in [4.78, 5) is 0. The number of rotatable bonds is 3. The Morgan fingerprint density at radius 2 is 1.90 bits per heavy atom. The van der Waals surface area contributed by atoms with Crippen LogP contribution in [0.15, 0.2) is 48.5 Å². The van der Waals surface area contributed by atoms with Gasteiger partial charge in [-0.05, 0) is 61.1 Å². The van der Waals surface area contributed by atoms with Crippen LogP contribution in [0.3, 0.4) is 0 Å². The van der Waals surface area contributed by atoms with Crippen LogP contribution in [-0.2, 0) is 12.0 Å². The zero-order valence-corrected chi connectivity index (χ0v) is 12.4. The van der Waals surface area contributed by atoms with Gasteiger partial charge in [0.05, 0.1) is 0 Å². The van der Waals surface area contributed by atoms with Gasteiger partial charge in [0.15, 0.2) is 0 Å². The predicted molar refractivity (Wildman–Crippen MR) is 85.8 cm³/mol. The summed E-state index contributed by atoms with van der Waals surface area (Å²) in [5, 5.41) is 3.67. The topological polar surface area (TPSA) is 12.0 Å². The van der Waals surface area contributed by atoms with E-state index in [1.807, 2.05) is 0 Å². The third kappa shape index (κ3) is 2.38. The van der Waals surface area contributed by atoms with Crippen LogP contribution >= 0.6 is 0 Å². The smallest absolute Gasteiger partial charge is 0.0406 e. The Morgan fingerprint density at radius 3 is 2.55 bits per heavy atom. The first kappa shape index (κ1) is 13.4. The minimum absolute atomic E-state index is 0.149. The first-order chi connectivity index (χ1) is 9.73. The van der Waals surface area contributed by atoms with Crippen LogP contribution in [-0.4, -0.2) is 6.54 Å². The Labute approximate surface area is 122 Å². The summed E-state index contributed by atoms with van der Waals surface area (Å²) < 4.78 is 0. The summed E-state index contributed by atoms with van der Waals surface area (Å²) in [5.41, 5.74) is 5.72. The largest absolute Gasteiger partial charge is 0.308 e. The van der Waals surface area contributed by atoms with E-state index in [1.54, 1.807) is 0 Å². The molecule has 3 rings (SSSR count). The van der Waals surface area contributed by atoms with Crippen LogP contribution in [0.5, 0.6) is 0 Å². The van der Waals surface area contributed by atoms with E-state index in [-0.39, 0.29) is 5.54 Å². The Bertz CT molecular complexity index is 580. The van der Waals surface area contributed by atoms with Crippen molar-refractivity contribution in [1.29, 1.82) is 0 Å². The summed E-state index contributed by atoms with van der Waals surface area (Å²) in [6.45, 7) is 5.69. The van der Waals surface area contributed by atoms with Gasteiger partial charge in [-0.3, -0.25) is 0 Å². The monoisotopic (exact) mass is 265 g/mol. The summed E-state index contributed by atoms with van der Waals surface area (Å²) in [6, 6.07) is 17.8. The van der Waals surface area contributed by atoms with Gasteiger partial charge >= 0.3 is 0 Å². The molecule has 1 saturated heterocycles. The molecule has 0 spiro atoms. The molecule has 104 valence electrons. The minimum atomic E-state index is 0.149. The summed E-state index contributed by atoms with van der Waals surface area (Å²) in [5.74, 6) is 0. The maximum absolute atomic E-state index is 3.67. The lowest BCUT2D eigenvalue weighted by molar-refractivity contribution is 0.435. The van der Waals surface area contributed by atoms with E-state index in [0.29, 0.717) is 0 Å². The van der Waals surface area contributed by atoms with Gasteiger partial charge in [-0.2, -0.15) is 0 Å². The molecule has 1 nitrogen and oxygen atoms in total. The Balaban J connectivity index is 2.08. The molecular weight excluding hydrogens is 242 g/mol. The Morgan fingerprint density at radius 1 is 1.10 bits per heavy atom. The number of aryl methyl sites for hydroxylation is 1. The molecule has 0 aliphatic carbocycles. The molecule has 1 aliphatic rings. The molecule has 0 saturated carbocycles. The number of hydrogen-bond acceptors (Lipinski definition) is 1. The van der Waals surface area contributed by atoms with E-state index in [2.05, 4.69) is 67.7 Å². The third-order valence-electron chi connectivity index (χ3n) is 4.58. The van der Waals surface area contributed by atoms with Crippen LogP contribution in [0.2, 0.25) is 0 Å². The van der Waals surface area contributed by atoms with E-state index < -0.39 is 0 Å². The van der Waals surface area contributed by atoms with Crippen molar-refractivity contribution in [2.24, 2.45) is 0 Å². The van der Waals surface area contributed by atoms with Gasteiger partial charge < -0.3 is 5.32 Å². The second-order valence-electron chi connectivity index (χ2n) is 5.95. The van der Waals surface area contributed by atoms with Crippen molar-refractivity contribution in [2.75, 3.05) is 6.54 Å². The molecule has 1 N–H and O–H groups in total. The Kier molecular flexibility index (Phi) is 3.62. The number of benzene rings is 2. The summed E-state index contributed by atoms with van der Waals surface area (Å²) >= 11 is 0. The van der Waals surface area contributed by atoms with Gasteiger partial charge in [-0.1, -0.05) is 49.4 Å². The van der Waals surface area contributed by atoms with E-state index in [4.69, 9.17) is 0 Å². The summed E-state index contributed by atoms with van der Waals surface area (Å²) in [7, 11) is 0. The highest BCUT2D eigenvalue weighted by Gasteiger charge is 2.30. The second kappa shape index (κ2) is 5.41.